The molecule has 0 spiro atoms. The first kappa shape index (κ1) is 17.0. The van der Waals surface area contributed by atoms with Crippen LogP contribution in [0.4, 0.5) is 0 Å². The second-order valence-corrected chi connectivity index (χ2v) is 6.34. The van der Waals surface area contributed by atoms with Crippen LogP contribution in [0.1, 0.15) is 17.7 Å². The van der Waals surface area contributed by atoms with Crippen LogP contribution in [0.3, 0.4) is 0 Å². The minimum atomic E-state index is -0.0171. The molecule has 0 aliphatic carbocycles. The molecule has 3 aromatic rings. The van der Waals surface area contributed by atoms with E-state index in [9.17, 15) is 4.79 Å². The Kier molecular flexibility index (Phi) is 4.70. The molecule has 0 unspecified atom stereocenters. The molecule has 0 saturated heterocycles. The number of nitrogens with one attached hydrogen (secondary N) is 1. The number of H-pyrrole nitrogens is 1. The molecule has 0 atom stereocenters. The second kappa shape index (κ2) is 7.45. The molecule has 6 heteroatoms. The highest BCUT2D eigenvalue weighted by atomic mass is 16.5. The minimum absolute atomic E-state index is 0.0171. The van der Waals surface area contributed by atoms with Crippen LogP contribution in [0.2, 0.25) is 0 Å². The van der Waals surface area contributed by atoms with E-state index < -0.39 is 0 Å². The Morgan fingerprint density at radius 3 is 3.00 bits per heavy atom. The van der Waals surface area contributed by atoms with Crippen LogP contribution < -0.4 is 4.74 Å². The number of ether oxygens (including phenoxy) is 1. The Bertz CT molecular complexity index is 1020. The van der Waals surface area contributed by atoms with Crippen molar-refractivity contribution in [2.45, 2.75) is 6.42 Å². The first-order valence-electron chi connectivity index (χ1n) is 8.82. The Balaban J connectivity index is 1.49. The van der Waals surface area contributed by atoms with E-state index in [0.717, 1.165) is 23.1 Å². The van der Waals surface area contributed by atoms with Crippen molar-refractivity contribution in [2.24, 2.45) is 0 Å². The van der Waals surface area contributed by atoms with Crippen molar-refractivity contribution in [1.82, 2.24) is 19.9 Å². The smallest absolute Gasteiger partial charge is 0.246 e. The highest BCUT2D eigenvalue weighted by molar-refractivity contribution is 5.95. The number of methoxy groups -OCH3 is 1. The lowest BCUT2D eigenvalue weighted by Gasteiger charge is -2.25. The first-order chi connectivity index (χ1) is 13.2. The third-order valence-corrected chi connectivity index (χ3v) is 4.74. The maximum absolute atomic E-state index is 12.4. The molecule has 3 heterocycles. The summed E-state index contributed by atoms with van der Waals surface area (Å²) in [6.07, 6.45) is 13.1. The largest absolute Gasteiger partial charge is 0.497 e. The van der Waals surface area contributed by atoms with Crippen molar-refractivity contribution in [2.75, 3.05) is 20.2 Å². The van der Waals surface area contributed by atoms with Crippen LogP contribution in [-0.2, 0) is 4.79 Å². The molecule has 6 nitrogen and oxygen atoms in total. The number of fused-ring (bicyclic) bond motifs is 1. The fraction of sp³-hybridized carbons (Fsp3) is 0.190. The number of rotatable bonds is 4. The zero-order valence-corrected chi connectivity index (χ0v) is 15.1. The van der Waals surface area contributed by atoms with Crippen LogP contribution in [0.25, 0.3) is 22.6 Å². The number of hydrogen-bond acceptors (Lipinski definition) is 4. The summed E-state index contributed by atoms with van der Waals surface area (Å²) in [5, 5.41) is 1.14. The van der Waals surface area contributed by atoms with Crippen LogP contribution in [0.5, 0.6) is 5.75 Å². The molecular formula is C21H20N4O2. The zero-order valence-electron chi connectivity index (χ0n) is 15.1. The van der Waals surface area contributed by atoms with Gasteiger partial charge in [0.05, 0.1) is 19.0 Å². The van der Waals surface area contributed by atoms with Gasteiger partial charge in [-0.05, 0) is 36.3 Å². The van der Waals surface area contributed by atoms with Crippen LogP contribution in [-0.4, -0.2) is 46.0 Å². The third-order valence-electron chi connectivity index (χ3n) is 4.74. The van der Waals surface area contributed by atoms with Gasteiger partial charge in [0.15, 0.2) is 0 Å². The van der Waals surface area contributed by atoms with E-state index in [-0.39, 0.29) is 5.91 Å². The monoisotopic (exact) mass is 360 g/mol. The van der Waals surface area contributed by atoms with Gasteiger partial charge < -0.3 is 14.6 Å². The van der Waals surface area contributed by atoms with Crippen molar-refractivity contribution in [3.8, 4) is 5.75 Å². The summed E-state index contributed by atoms with van der Waals surface area (Å²) in [5.74, 6) is 0.822. The van der Waals surface area contributed by atoms with Gasteiger partial charge in [0.1, 0.15) is 5.75 Å². The predicted octanol–water partition coefficient (Wildman–Crippen LogP) is 3.30. The number of aromatic amines is 1. The molecule has 0 fully saturated rings. The molecule has 1 aromatic carbocycles. The fourth-order valence-electron chi connectivity index (χ4n) is 3.27. The van der Waals surface area contributed by atoms with Gasteiger partial charge in [-0.15, -0.1) is 0 Å². The van der Waals surface area contributed by atoms with E-state index >= 15 is 0 Å². The zero-order chi connectivity index (χ0) is 18.6. The Labute approximate surface area is 157 Å². The summed E-state index contributed by atoms with van der Waals surface area (Å²) in [5.41, 5.74) is 4.17. The topological polar surface area (TPSA) is 71.1 Å². The highest BCUT2D eigenvalue weighted by Gasteiger charge is 2.18. The average molecular weight is 360 g/mol. The molecular weight excluding hydrogens is 340 g/mol. The minimum Gasteiger partial charge on any atom is -0.497 e. The lowest BCUT2D eigenvalue weighted by Crippen LogP contribution is -2.33. The van der Waals surface area contributed by atoms with Gasteiger partial charge in [0.25, 0.3) is 0 Å². The van der Waals surface area contributed by atoms with E-state index in [1.807, 2.05) is 29.3 Å². The molecule has 0 bridgehead atoms. The SMILES string of the molecule is COc1ccc2[nH]cc(C3=CCN(C(=O)/C=C/c4cnccn4)CC3)c2c1. The van der Waals surface area contributed by atoms with Gasteiger partial charge in [0.2, 0.25) is 5.91 Å². The van der Waals surface area contributed by atoms with Crippen molar-refractivity contribution in [1.29, 1.82) is 0 Å². The number of aromatic nitrogens is 3. The van der Waals surface area contributed by atoms with Gasteiger partial charge in [-0.1, -0.05) is 6.08 Å². The number of hydrogen-bond donors (Lipinski definition) is 1. The molecule has 4 rings (SSSR count). The quantitative estimate of drug-likeness (QED) is 0.725. The maximum atomic E-state index is 12.4. The normalized spacial score (nSPS) is 14.6. The number of carbonyl (C=O) groups excluding carboxylic acids is 1. The molecule has 0 radical (unpaired) electrons. The van der Waals surface area contributed by atoms with Gasteiger partial charge in [-0.25, -0.2) is 0 Å². The molecule has 1 amide bonds. The standard InChI is InChI=1S/C21H20N4O2/c1-27-17-3-4-20-18(12-17)19(14-24-20)15-6-10-25(11-7-15)21(26)5-2-16-13-22-8-9-23-16/h2-6,8-9,12-14,24H,7,10-11H2,1H3/b5-2+. The lowest BCUT2D eigenvalue weighted by atomic mass is 9.98. The summed E-state index contributed by atoms with van der Waals surface area (Å²) in [7, 11) is 1.67. The number of benzene rings is 1. The van der Waals surface area contributed by atoms with Gasteiger partial charge in [-0.3, -0.25) is 14.8 Å². The van der Waals surface area contributed by atoms with E-state index in [2.05, 4.69) is 21.0 Å². The van der Waals surface area contributed by atoms with Crippen LogP contribution in [0.15, 0.2) is 55.1 Å². The molecule has 1 N–H and O–H groups in total. The van der Waals surface area contributed by atoms with E-state index in [4.69, 9.17) is 4.74 Å². The van der Waals surface area contributed by atoms with E-state index in [1.165, 1.54) is 11.1 Å². The lowest BCUT2D eigenvalue weighted by molar-refractivity contribution is -0.125. The van der Waals surface area contributed by atoms with Crippen LogP contribution in [0, 0.1) is 0 Å². The van der Waals surface area contributed by atoms with Gasteiger partial charge in [-0.2, -0.15) is 0 Å². The molecule has 136 valence electrons. The number of nitrogens with zero attached hydrogens (tertiary/aromatic N) is 3. The number of carbonyl (C=O) groups is 1. The maximum Gasteiger partial charge on any atom is 0.246 e. The Morgan fingerprint density at radius 1 is 1.33 bits per heavy atom. The van der Waals surface area contributed by atoms with Gasteiger partial charge in [0, 0.05) is 54.2 Å². The van der Waals surface area contributed by atoms with Crippen molar-refractivity contribution < 1.29 is 9.53 Å². The summed E-state index contributed by atoms with van der Waals surface area (Å²) in [6, 6.07) is 6.01. The molecule has 27 heavy (non-hydrogen) atoms. The van der Waals surface area contributed by atoms with Crippen molar-refractivity contribution >= 4 is 28.5 Å². The van der Waals surface area contributed by atoms with Crippen LogP contribution >= 0.6 is 0 Å². The van der Waals surface area contributed by atoms with Crippen molar-refractivity contribution in [3.05, 3.63) is 66.4 Å². The van der Waals surface area contributed by atoms with Crippen molar-refractivity contribution in [3.63, 3.8) is 0 Å². The van der Waals surface area contributed by atoms with E-state index in [0.29, 0.717) is 18.8 Å². The first-order valence-corrected chi connectivity index (χ1v) is 8.82. The molecule has 2 aromatic heterocycles. The molecule has 1 aliphatic heterocycles. The highest BCUT2D eigenvalue weighted by Crippen LogP contribution is 2.31. The summed E-state index contributed by atoms with van der Waals surface area (Å²) in [4.78, 5) is 25.7. The molecule has 1 aliphatic rings. The second-order valence-electron chi connectivity index (χ2n) is 6.34. The Morgan fingerprint density at radius 2 is 2.26 bits per heavy atom. The third kappa shape index (κ3) is 3.60. The van der Waals surface area contributed by atoms with Gasteiger partial charge >= 0.3 is 0 Å². The summed E-state index contributed by atoms with van der Waals surface area (Å²) >= 11 is 0. The fourth-order valence-corrected chi connectivity index (χ4v) is 3.27. The Hall–Kier alpha value is -3.41. The molecule has 0 saturated carbocycles. The predicted molar refractivity (Wildman–Crippen MR) is 105 cm³/mol. The summed E-state index contributed by atoms with van der Waals surface area (Å²) < 4.78 is 5.34. The van der Waals surface area contributed by atoms with E-state index in [1.54, 1.807) is 37.9 Å². The number of amides is 1. The average Bonchev–Trinajstić information content (AvgIpc) is 3.16. The summed E-state index contributed by atoms with van der Waals surface area (Å²) in [6.45, 7) is 1.28.